The summed E-state index contributed by atoms with van der Waals surface area (Å²) >= 11 is 1.39. The number of aromatic carboxylic acids is 1. The minimum Gasteiger partial charge on any atom is -0.477 e. The largest absolute Gasteiger partial charge is 0.477 e. The highest BCUT2D eigenvalue weighted by Gasteiger charge is 2.19. The maximum absolute atomic E-state index is 13.8. The van der Waals surface area contributed by atoms with E-state index in [0.717, 1.165) is 21.7 Å². The first-order valence-electron chi connectivity index (χ1n) is 5.89. The Bertz CT molecular complexity index is 813. The first-order chi connectivity index (χ1) is 10.1. The molecule has 21 heavy (non-hydrogen) atoms. The average molecular weight is 306 g/mol. The van der Waals surface area contributed by atoms with Crippen molar-refractivity contribution in [1.29, 1.82) is 0 Å². The Morgan fingerprint density at radius 1 is 1.24 bits per heavy atom. The number of hydrogen-bond acceptors (Lipinski definition) is 3. The van der Waals surface area contributed by atoms with Crippen molar-refractivity contribution in [3.05, 3.63) is 59.1 Å². The van der Waals surface area contributed by atoms with Crippen LogP contribution in [0.15, 0.2) is 41.8 Å². The van der Waals surface area contributed by atoms with Gasteiger partial charge >= 0.3 is 5.97 Å². The number of hydrogen-bond donors (Lipinski definition) is 1. The quantitative estimate of drug-likeness (QED) is 0.804. The van der Waals surface area contributed by atoms with Crippen molar-refractivity contribution in [2.24, 2.45) is 0 Å². The molecule has 0 bridgehead atoms. The van der Waals surface area contributed by atoms with E-state index in [0.29, 0.717) is 11.8 Å². The van der Waals surface area contributed by atoms with Crippen LogP contribution in [-0.2, 0) is 0 Å². The zero-order valence-electron chi connectivity index (χ0n) is 10.5. The van der Waals surface area contributed by atoms with E-state index >= 15 is 0 Å². The van der Waals surface area contributed by atoms with Crippen LogP contribution in [0.5, 0.6) is 0 Å². The summed E-state index contributed by atoms with van der Waals surface area (Å²) in [6.07, 6.45) is 0. The lowest BCUT2D eigenvalue weighted by Gasteiger charge is -2.05. The number of nitrogens with zero attached hydrogens (tertiary/aromatic N) is 2. The molecule has 106 valence electrons. The molecule has 2 heterocycles. The van der Waals surface area contributed by atoms with Gasteiger partial charge in [0.25, 0.3) is 0 Å². The third-order valence-corrected chi connectivity index (χ3v) is 3.73. The van der Waals surface area contributed by atoms with Gasteiger partial charge in [-0.15, -0.1) is 11.3 Å². The molecule has 0 unspecified atom stereocenters. The third-order valence-electron chi connectivity index (χ3n) is 2.84. The van der Waals surface area contributed by atoms with E-state index in [4.69, 9.17) is 0 Å². The topological polar surface area (TPSA) is 55.1 Å². The number of thiophene rings is 1. The number of carboxylic acid groups (broad SMARTS) is 1. The maximum atomic E-state index is 13.8. The Balaban J connectivity index is 2.19. The van der Waals surface area contributed by atoms with E-state index in [1.54, 1.807) is 12.1 Å². The van der Waals surface area contributed by atoms with Gasteiger partial charge < -0.3 is 5.11 Å². The highest BCUT2D eigenvalue weighted by Crippen LogP contribution is 2.26. The van der Waals surface area contributed by atoms with Crippen LogP contribution in [0.2, 0.25) is 0 Å². The highest BCUT2D eigenvalue weighted by molar-refractivity contribution is 7.13. The lowest BCUT2D eigenvalue weighted by molar-refractivity contribution is 0.0687. The monoisotopic (exact) mass is 306 g/mol. The number of rotatable bonds is 3. The van der Waals surface area contributed by atoms with E-state index in [2.05, 4.69) is 5.10 Å². The van der Waals surface area contributed by atoms with Crippen molar-refractivity contribution in [2.75, 3.05) is 0 Å². The molecule has 0 fully saturated rings. The molecule has 1 aromatic carbocycles. The standard InChI is InChI=1S/C14H8F2N2O2S/c15-8-3-4-11(9(16)6-8)18-12(14(19)20)7-10(17-18)13-2-1-5-21-13/h1-7H,(H,19,20). The summed E-state index contributed by atoms with van der Waals surface area (Å²) in [7, 11) is 0. The van der Waals surface area contributed by atoms with Crippen LogP contribution in [0.25, 0.3) is 16.3 Å². The number of aromatic nitrogens is 2. The first kappa shape index (κ1) is 13.4. The second-order valence-corrected chi connectivity index (χ2v) is 5.15. The van der Waals surface area contributed by atoms with Crippen LogP contribution < -0.4 is 0 Å². The van der Waals surface area contributed by atoms with Crippen LogP contribution >= 0.6 is 11.3 Å². The Morgan fingerprint density at radius 3 is 2.67 bits per heavy atom. The van der Waals surface area contributed by atoms with Crippen molar-refractivity contribution >= 4 is 17.3 Å². The fourth-order valence-electron chi connectivity index (χ4n) is 1.91. The van der Waals surface area contributed by atoms with Gasteiger partial charge in [0.1, 0.15) is 17.2 Å². The Hall–Kier alpha value is -2.54. The fourth-order valence-corrected chi connectivity index (χ4v) is 2.60. The van der Waals surface area contributed by atoms with E-state index < -0.39 is 17.6 Å². The number of carboxylic acids is 1. The first-order valence-corrected chi connectivity index (χ1v) is 6.77. The second kappa shape index (κ2) is 5.10. The molecule has 3 aromatic rings. The van der Waals surface area contributed by atoms with Crippen LogP contribution in [0.1, 0.15) is 10.5 Å². The van der Waals surface area contributed by atoms with Gasteiger partial charge in [-0.05, 0) is 23.6 Å². The van der Waals surface area contributed by atoms with Gasteiger partial charge in [0.05, 0.1) is 4.88 Å². The summed E-state index contributed by atoms with van der Waals surface area (Å²) in [5.74, 6) is -2.86. The molecule has 4 nitrogen and oxygen atoms in total. The molecule has 0 saturated carbocycles. The SMILES string of the molecule is O=C(O)c1cc(-c2cccs2)nn1-c1ccc(F)cc1F. The second-order valence-electron chi connectivity index (χ2n) is 4.20. The zero-order valence-corrected chi connectivity index (χ0v) is 11.3. The van der Waals surface area contributed by atoms with Gasteiger partial charge in [-0.3, -0.25) is 0 Å². The summed E-state index contributed by atoms with van der Waals surface area (Å²) < 4.78 is 27.8. The molecule has 7 heteroatoms. The van der Waals surface area contributed by atoms with E-state index in [-0.39, 0.29) is 11.4 Å². The Morgan fingerprint density at radius 2 is 2.05 bits per heavy atom. The molecule has 0 saturated heterocycles. The van der Waals surface area contributed by atoms with Gasteiger partial charge in [0.2, 0.25) is 0 Å². The summed E-state index contributed by atoms with van der Waals surface area (Å²) in [5.41, 5.74) is 0.117. The Kier molecular flexibility index (Phi) is 3.26. The maximum Gasteiger partial charge on any atom is 0.354 e. The molecule has 0 aliphatic heterocycles. The normalized spacial score (nSPS) is 10.8. The lowest BCUT2D eigenvalue weighted by atomic mass is 10.3. The summed E-state index contributed by atoms with van der Waals surface area (Å²) in [6.45, 7) is 0. The lowest BCUT2D eigenvalue weighted by Crippen LogP contribution is -2.09. The smallest absolute Gasteiger partial charge is 0.354 e. The van der Waals surface area contributed by atoms with E-state index in [1.807, 2.05) is 5.38 Å². The molecule has 0 aliphatic carbocycles. The molecule has 0 aliphatic rings. The zero-order chi connectivity index (χ0) is 15.0. The molecule has 2 aromatic heterocycles. The molecule has 0 atom stereocenters. The molecule has 3 rings (SSSR count). The van der Waals surface area contributed by atoms with Crippen molar-refractivity contribution in [3.63, 3.8) is 0 Å². The minimum atomic E-state index is -1.24. The van der Waals surface area contributed by atoms with Crippen molar-refractivity contribution in [1.82, 2.24) is 9.78 Å². The van der Waals surface area contributed by atoms with Gasteiger partial charge in [0, 0.05) is 12.1 Å². The predicted octanol–water partition coefficient (Wildman–Crippen LogP) is 3.58. The summed E-state index contributed by atoms with van der Waals surface area (Å²) in [4.78, 5) is 12.1. The van der Waals surface area contributed by atoms with Crippen LogP contribution in [0, 0.1) is 11.6 Å². The molecule has 0 radical (unpaired) electrons. The van der Waals surface area contributed by atoms with Gasteiger partial charge in [-0.2, -0.15) is 5.10 Å². The van der Waals surface area contributed by atoms with Gasteiger partial charge in [0.15, 0.2) is 11.5 Å². The number of carbonyl (C=O) groups is 1. The van der Waals surface area contributed by atoms with Gasteiger partial charge in [-0.1, -0.05) is 6.07 Å². The van der Waals surface area contributed by atoms with E-state index in [1.165, 1.54) is 17.4 Å². The van der Waals surface area contributed by atoms with Crippen molar-refractivity contribution < 1.29 is 18.7 Å². The predicted molar refractivity (Wildman–Crippen MR) is 73.8 cm³/mol. The van der Waals surface area contributed by atoms with Crippen LogP contribution in [0.4, 0.5) is 8.78 Å². The third kappa shape index (κ3) is 2.43. The molecule has 0 amide bonds. The highest BCUT2D eigenvalue weighted by atomic mass is 32.1. The van der Waals surface area contributed by atoms with Crippen molar-refractivity contribution in [2.45, 2.75) is 0 Å². The average Bonchev–Trinajstić information content (AvgIpc) is 3.07. The Labute approximate surface area is 121 Å². The van der Waals surface area contributed by atoms with Gasteiger partial charge in [-0.25, -0.2) is 18.3 Å². The number of benzene rings is 1. The molecule has 0 spiro atoms. The number of halogens is 2. The fraction of sp³-hybridized carbons (Fsp3) is 0. The van der Waals surface area contributed by atoms with Crippen molar-refractivity contribution in [3.8, 4) is 16.3 Å². The van der Waals surface area contributed by atoms with E-state index in [9.17, 15) is 18.7 Å². The van der Waals surface area contributed by atoms with Crippen LogP contribution in [-0.4, -0.2) is 20.9 Å². The molecular weight excluding hydrogens is 298 g/mol. The molecular formula is C14H8F2N2O2S. The minimum absolute atomic E-state index is 0.114. The molecule has 1 N–H and O–H groups in total. The summed E-state index contributed by atoms with van der Waals surface area (Å²) in [5, 5.41) is 15.2. The summed E-state index contributed by atoms with van der Waals surface area (Å²) in [6, 6.07) is 7.84. The van der Waals surface area contributed by atoms with Crippen LogP contribution in [0.3, 0.4) is 0 Å².